The Kier molecular flexibility index (Phi) is 4.73. The Labute approximate surface area is 112 Å². The number of hydrogen-bond acceptors (Lipinski definition) is 3. The first-order valence-electron chi connectivity index (χ1n) is 5.80. The maximum atomic E-state index is 5.32. The van der Waals surface area contributed by atoms with E-state index in [0.29, 0.717) is 6.54 Å². The van der Waals surface area contributed by atoms with Gasteiger partial charge in [-0.1, -0.05) is 48.6 Å². The molecule has 18 heavy (non-hydrogen) atoms. The van der Waals surface area contributed by atoms with Crippen molar-refractivity contribution < 1.29 is 0 Å². The van der Waals surface area contributed by atoms with Crippen molar-refractivity contribution in [2.24, 2.45) is 4.99 Å². The molecule has 0 N–H and O–H groups in total. The van der Waals surface area contributed by atoms with Crippen LogP contribution in [0.4, 0.5) is 0 Å². The summed E-state index contributed by atoms with van der Waals surface area (Å²) in [4.78, 5) is 9.30. The van der Waals surface area contributed by atoms with E-state index in [1.165, 1.54) is 5.56 Å². The summed E-state index contributed by atoms with van der Waals surface area (Å²) in [5.74, 6) is 0. The Morgan fingerprint density at radius 2 is 2.00 bits per heavy atom. The molecular weight excluding hydrogens is 240 g/mol. The zero-order valence-electron chi connectivity index (χ0n) is 9.99. The molecule has 0 bridgehead atoms. The highest BCUT2D eigenvalue weighted by Crippen LogP contribution is 2.01. The summed E-state index contributed by atoms with van der Waals surface area (Å²) in [6, 6.07) is 14.1. The van der Waals surface area contributed by atoms with Crippen molar-refractivity contribution in [3.63, 3.8) is 0 Å². The van der Waals surface area contributed by atoms with Gasteiger partial charge in [0.25, 0.3) is 0 Å². The highest BCUT2D eigenvalue weighted by atomic mass is 32.1. The van der Waals surface area contributed by atoms with Crippen LogP contribution < -0.4 is 0 Å². The first-order chi connectivity index (χ1) is 8.84. The number of pyridine rings is 1. The second kappa shape index (κ2) is 6.77. The maximum Gasteiger partial charge on any atom is 0.0706 e. The van der Waals surface area contributed by atoms with Crippen LogP contribution in [0, 0.1) is 0 Å². The molecule has 0 aliphatic rings. The number of nitrogens with zero attached hydrogens (tertiary/aromatic N) is 2. The average molecular weight is 254 g/mol. The van der Waals surface area contributed by atoms with Gasteiger partial charge in [-0.05, 0) is 11.6 Å². The lowest BCUT2D eigenvalue weighted by Gasteiger charge is -2.00. The smallest absolute Gasteiger partial charge is 0.0706 e. The Balaban J connectivity index is 1.84. The van der Waals surface area contributed by atoms with E-state index in [4.69, 9.17) is 12.2 Å². The van der Waals surface area contributed by atoms with Gasteiger partial charge < -0.3 is 0 Å². The van der Waals surface area contributed by atoms with Crippen LogP contribution in [-0.2, 0) is 6.42 Å². The predicted octanol–water partition coefficient (Wildman–Crippen LogP) is 3.11. The molecule has 2 aromatic rings. The second-order valence-corrected chi connectivity index (χ2v) is 4.53. The third-order valence-corrected chi connectivity index (χ3v) is 2.71. The first-order valence-corrected chi connectivity index (χ1v) is 6.21. The van der Waals surface area contributed by atoms with Gasteiger partial charge in [0.1, 0.15) is 0 Å². The van der Waals surface area contributed by atoms with E-state index < -0.39 is 0 Å². The van der Waals surface area contributed by atoms with Crippen molar-refractivity contribution in [3.05, 3.63) is 66.0 Å². The van der Waals surface area contributed by atoms with Crippen molar-refractivity contribution in [2.45, 2.75) is 6.42 Å². The van der Waals surface area contributed by atoms with Crippen molar-refractivity contribution >= 4 is 23.3 Å². The summed E-state index contributed by atoms with van der Waals surface area (Å²) >= 11 is 5.32. The summed E-state index contributed by atoms with van der Waals surface area (Å²) in [5.41, 5.74) is 2.24. The van der Waals surface area contributed by atoms with Crippen molar-refractivity contribution in [1.82, 2.24) is 4.98 Å². The number of aromatic nitrogens is 1. The molecule has 0 saturated carbocycles. The van der Waals surface area contributed by atoms with E-state index in [0.717, 1.165) is 16.8 Å². The zero-order chi connectivity index (χ0) is 12.6. The van der Waals surface area contributed by atoms with Gasteiger partial charge in [-0.25, -0.2) is 0 Å². The summed E-state index contributed by atoms with van der Waals surface area (Å²) in [6.45, 7) is 0.582. The van der Waals surface area contributed by atoms with Crippen LogP contribution in [0.2, 0.25) is 0 Å². The highest BCUT2D eigenvalue weighted by molar-refractivity contribution is 7.80. The van der Waals surface area contributed by atoms with Crippen LogP contribution in [-0.4, -0.2) is 22.6 Å². The van der Waals surface area contributed by atoms with Gasteiger partial charge in [0.05, 0.1) is 6.54 Å². The minimum Gasteiger partial charge on any atom is -0.287 e. The van der Waals surface area contributed by atoms with Gasteiger partial charge in [-0.15, -0.1) is 0 Å². The number of rotatable bonds is 5. The molecule has 0 radical (unpaired) electrons. The van der Waals surface area contributed by atoms with Crippen LogP contribution in [0.5, 0.6) is 0 Å². The van der Waals surface area contributed by atoms with Gasteiger partial charge in [0.2, 0.25) is 0 Å². The van der Waals surface area contributed by atoms with Gasteiger partial charge in [-0.2, -0.15) is 0 Å². The molecular formula is C15H14N2S. The van der Waals surface area contributed by atoms with Crippen LogP contribution in [0.3, 0.4) is 0 Å². The van der Waals surface area contributed by atoms with Gasteiger partial charge >= 0.3 is 0 Å². The van der Waals surface area contributed by atoms with Gasteiger partial charge in [-0.3, -0.25) is 9.98 Å². The van der Waals surface area contributed by atoms with Gasteiger partial charge in [0, 0.05) is 35.5 Å². The molecule has 0 aliphatic carbocycles. The normalized spacial score (nSPS) is 10.7. The molecule has 0 amide bonds. The molecule has 0 atom stereocenters. The monoisotopic (exact) mass is 254 g/mol. The lowest BCUT2D eigenvalue weighted by atomic mass is 10.1. The number of aliphatic imine (C=N–C) groups is 1. The molecule has 1 heterocycles. The van der Waals surface area contributed by atoms with Crippen LogP contribution in [0.25, 0.3) is 0 Å². The molecule has 1 aromatic heterocycles. The average Bonchev–Trinajstić information content (AvgIpc) is 2.41. The predicted molar refractivity (Wildman–Crippen MR) is 79.4 cm³/mol. The van der Waals surface area contributed by atoms with E-state index in [9.17, 15) is 0 Å². The second-order valence-electron chi connectivity index (χ2n) is 3.96. The molecule has 0 spiro atoms. The molecule has 0 saturated heterocycles. The van der Waals surface area contributed by atoms with Crippen LogP contribution in [0.1, 0.15) is 11.1 Å². The molecule has 1 aromatic carbocycles. The molecule has 0 unspecified atom stereocenters. The maximum absolute atomic E-state index is 5.32. The Bertz CT molecular complexity index is 521. The molecule has 0 aliphatic heterocycles. The minimum atomic E-state index is 0.582. The van der Waals surface area contributed by atoms with Crippen LogP contribution >= 0.6 is 12.2 Å². The fraction of sp³-hybridized carbons (Fsp3) is 0.133. The molecule has 3 heteroatoms. The van der Waals surface area contributed by atoms with E-state index in [2.05, 4.69) is 22.1 Å². The Hall–Kier alpha value is -1.87. The first kappa shape index (κ1) is 12.6. The van der Waals surface area contributed by atoms with E-state index in [1.807, 2.05) is 36.5 Å². The highest BCUT2D eigenvalue weighted by Gasteiger charge is 1.97. The molecule has 2 nitrogen and oxygen atoms in total. The number of benzene rings is 1. The fourth-order valence-corrected chi connectivity index (χ4v) is 1.83. The van der Waals surface area contributed by atoms with E-state index >= 15 is 0 Å². The summed E-state index contributed by atoms with van der Waals surface area (Å²) in [6.07, 6.45) is 6.14. The third-order valence-electron chi connectivity index (χ3n) is 2.44. The summed E-state index contributed by atoms with van der Waals surface area (Å²) in [7, 11) is 0. The third kappa shape index (κ3) is 4.18. The number of hydrogen-bond donors (Lipinski definition) is 0. The summed E-state index contributed by atoms with van der Waals surface area (Å²) < 4.78 is 0. The van der Waals surface area contributed by atoms with Crippen LogP contribution in [0.15, 0.2) is 59.9 Å². The molecule has 0 fully saturated rings. The minimum absolute atomic E-state index is 0.582. The van der Waals surface area contributed by atoms with Crippen molar-refractivity contribution in [3.8, 4) is 0 Å². The lowest BCUT2D eigenvalue weighted by Crippen LogP contribution is -2.04. The topological polar surface area (TPSA) is 25.2 Å². The van der Waals surface area contributed by atoms with Crippen molar-refractivity contribution in [2.75, 3.05) is 6.54 Å². The quantitative estimate of drug-likeness (QED) is 0.605. The fourth-order valence-electron chi connectivity index (χ4n) is 1.58. The lowest BCUT2D eigenvalue weighted by molar-refractivity contribution is 1.24. The molecule has 2 rings (SSSR count). The largest absolute Gasteiger partial charge is 0.287 e. The van der Waals surface area contributed by atoms with E-state index in [-0.39, 0.29) is 0 Å². The standard InChI is InChI=1S/C15H14N2S/c18-15(9-13-5-2-1-3-6-13)12-17-11-14-7-4-8-16-10-14/h1-8,10-11H,9,12H2. The number of thiocarbonyl (C=S) groups is 1. The van der Waals surface area contributed by atoms with Crippen molar-refractivity contribution in [1.29, 1.82) is 0 Å². The molecule has 90 valence electrons. The zero-order valence-corrected chi connectivity index (χ0v) is 10.8. The van der Waals surface area contributed by atoms with Gasteiger partial charge in [0.15, 0.2) is 0 Å². The Morgan fingerprint density at radius 3 is 2.72 bits per heavy atom. The Morgan fingerprint density at radius 1 is 1.17 bits per heavy atom. The summed E-state index contributed by atoms with van der Waals surface area (Å²) in [5, 5.41) is 0. The SMILES string of the molecule is S=C(CN=Cc1cccnc1)Cc1ccccc1. The van der Waals surface area contributed by atoms with E-state index in [1.54, 1.807) is 12.4 Å².